The van der Waals surface area contributed by atoms with Gasteiger partial charge in [-0.2, -0.15) is 0 Å². The summed E-state index contributed by atoms with van der Waals surface area (Å²) in [6, 6.07) is 15.1. The summed E-state index contributed by atoms with van der Waals surface area (Å²) in [5.74, 6) is 1.51. The third kappa shape index (κ3) is 4.55. The molecule has 2 aliphatic rings. The molecular weight excluding hydrogens is 418 g/mol. The van der Waals surface area contributed by atoms with Crippen molar-refractivity contribution in [3.05, 3.63) is 76.8 Å². The maximum absolute atomic E-state index is 13.5. The second kappa shape index (κ2) is 8.52. The molecule has 1 saturated carbocycles. The average Bonchev–Trinajstić information content (AvgIpc) is 3.30. The van der Waals surface area contributed by atoms with Crippen LogP contribution in [0.25, 0.3) is 11.3 Å². The van der Waals surface area contributed by atoms with Crippen LogP contribution in [0.15, 0.2) is 54.6 Å². The Labute approximate surface area is 185 Å². The number of hydrogen-bond donors (Lipinski definition) is 1. The van der Waals surface area contributed by atoms with Gasteiger partial charge in [-0.3, -0.25) is 4.90 Å². The van der Waals surface area contributed by atoms with E-state index in [0.717, 1.165) is 43.9 Å². The van der Waals surface area contributed by atoms with Crippen molar-refractivity contribution in [2.24, 2.45) is 11.8 Å². The fraction of sp³-hybridized carbons (Fsp3) is 0.333. The molecule has 2 fully saturated rings. The van der Waals surface area contributed by atoms with Crippen molar-refractivity contribution in [1.82, 2.24) is 15.1 Å². The Morgan fingerprint density at radius 2 is 1.61 bits per heavy atom. The van der Waals surface area contributed by atoms with E-state index in [9.17, 15) is 8.78 Å². The summed E-state index contributed by atoms with van der Waals surface area (Å²) in [5, 5.41) is 12.5. The summed E-state index contributed by atoms with van der Waals surface area (Å²) in [4.78, 5) is 2.47. The lowest BCUT2D eigenvalue weighted by Gasteiger charge is -2.20. The maximum atomic E-state index is 13.5. The Morgan fingerprint density at radius 3 is 2.29 bits per heavy atom. The highest BCUT2D eigenvalue weighted by molar-refractivity contribution is 6.33. The third-order valence-corrected chi connectivity index (χ3v) is 6.70. The van der Waals surface area contributed by atoms with Crippen LogP contribution < -0.4 is 5.32 Å². The van der Waals surface area contributed by atoms with Crippen molar-refractivity contribution in [2.45, 2.75) is 25.4 Å². The molecule has 2 heterocycles. The Morgan fingerprint density at radius 1 is 0.903 bits per heavy atom. The highest BCUT2D eigenvalue weighted by Crippen LogP contribution is 2.39. The largest absolute Gasteiger partial charge is 0.366 e. The molecule has 0 spiro atoms. The number of benzene rings is 2. The normalized spacial score (nSPS) is 23.1. The van der Waals surface area contributed by atoms with Crippen LogP contribution in [0.1, 0.15) is 18.4 Å². The first-order valence-corrected chi connectivity index (χ1v) is 10.9. The molecule has 4 nitrogen and oxygen atoms in total. The second-order valence-corrected chi connectivity index (χ2v) is 8.99. The van der Waals surface area contributed by atoms with Crippen molar-refractivity contribution in [3.63, 3.8) is 0 Å². The summed E-state index contributed by atoms with van der Waals surface area (Å²) in [5.41, 5.74) is 2.25. The number of aromatic nitrogens is 2. The van der Waals surface area contributed by atoms with Gasteiger partial charge in [-0.15, -0.1) is 10.2 Å². The fourth-order valence-electron chi connectivity index (χ4n) is 4.95. The van der Waals surface area contributed by atoms with E-state index in [4.69, 9.17) is 11.6 Å². The van der Waals surface area contributed by atoms with Crippen LogP contribution >= 0.6 is 11.6 Å². The van der Waals surface area contributed by atoms with E-state index in [1.807, 2.05) is 24.3 Å². The van der Waals surface area contributed by atoms with E-state index < -0.39 is 0 Å². The number of rotatable bonds is 5. The van der Waals surface area contributed by atoms with Crippen LogP contribution in [-0.2, 0) is 6.54 Å². The van der Waals surface area contributed by atoms with Gasteiger partial charge in [0.05, 0.1) is 10.7 Å². The smallest absolute Gasteiger partial charge is 0.148 e. The van der Waals surface area contributed by atoms with Gasteiger partial charge in [0.15, 0.2) is 0 Å². The van der Waals surface area contributed by atoms with Gasteiger partial charge in [0.1, 0.15) is 17.5 Å². The van der Waals surface area contributed by atoms with Gasteiger partial charge in [-0.05, 0) is 72.7 Å². The first kappa shape index (κ1) is 20.3. The van der Waals surface area contributed by atoms with Gasteiger partial charge in [0.25, 0.3) is 0 Å². The molecule has 0 bridgehead atoms. The highest BCUT2D eigenvalue weighted by atomic mass is 35.5. The number of hydrogen-bond acceptors (Lipinski definition) is 4. The zero-order chi connectivity index (χ0) is 21.4. The van der Waals surface area contributed by atoms with E-state index in [-0.39, 0.29) is 11.6 Å². The molecule has 1 aliphatic carbocycles. The van der Waals surface area contributed by atoms with E-state index in [1.54, 1.807) is 0 Å². The fourth-order valence-corrected chi connectivity index (χ4v) is 5.16. The molecule has 3 aromatic rings. The Kier molecular flexibility index (Phi) is 5.59. The quantitative estimate of drug-likeness (QED) is 0.577. The van der Waals surface area contributed by atoms with Gasteiger partial charge in [0.2, 0.25) is 0 Å². The van der Waals surface area contributed by atoms with Gasteiger partial charge < -0.3 is 5.32 Å². The van der Waals surface area contributed by atoms with Crippen molar-refractivity contribution < 1.29 is 8.78 Å². The van der Waals surface area contributed by atoms with E-state index in [1.165, 1.54) is 30.3 Å². The van der Waals surface area contributed by atoms with Crippen molar-refractivity contribution in [2.75, 3.05) is 18.4 Å². The summed E-state index contributed by atoms with van der Waals surface area (Å²) in [6.45, 7) is 3.02. The van der Waals surface area contributed by atoms with Crippen molar-refractivity contribution in [1.29, 1.82) is 0 Å². The first-order chi connectivity index (χ1) is 15.0. The number of fused-ring (bicyclic) bond motifs is 1. The highest BCUT2D eigenvalue weighted by Gasteiger charge is 2.40. The minimum atomic E-state index is -0.352. The van der Waals surface area contributed by atoms with Gasteiger partial charge >= 0.3 is 0 Å². The number of halogens is 3. The predicted octanol–water partition coefficient (Wildman–Crippen LogP) is 5.40. The molecule has 3 atom stereocenters. The zero-order valence-electron chi connectivity index (χ0n) is 16.9. The van der Waals surface area contributed by atoms with Gasteiger partial charge in [0, 0.05) is 31.2 Å². The molecule has 2 aromatic carbocycles. The molecule has 7 heteroatoms. The third-order valence-electron chi connectivity index (χ3n) is 6.37. The van der Waals surface area contributed by atoms with E-state index >= 15 is 0 Å². The first-order valence-electron chi connectivity index (χ1n) is 10.6. The second-order valence-electron chi connectivity index (χ2n) is 8.58. The molecule has 1 N–H and O–H groups in total. The zero-order valence-corrected chi connectivity index (χ0v) is 17.7. The number of anilines is 1. The predicted molar refractivity (Wildman–Crippen MR) is 118 cm³/mol. The minimum Gasteiger partial charge on any atom is -0.366 e. The standard InChI is InChI=1S/C24H23ClF2N4/c25-22-6-5-19(27)11-21(22)23-7-8-24(30-29-23)28-20-9-16-13-31(14-17(16)10-20)12-15-1-3-18(26)4-2-15/h1-8,11,16-17,20H,9-10,12-14H2,(H,28,30)/t16-,17+,20?. The van der Waals surface area contributed by atoms with Crippen molar-refractivity contribution >= 4 is 17.4 Å². The van der Waals surface area contributed by atoms with Crippen LogP contribution in [0.3, 0.4) is 0 Å². The number of nitrogens with zero attached hydrogens (tertiary/aromatic N) is 3. The summed E-state index contributed by atoms with van der Waals surface area (Å²) < 4.78 is 26.6. The molecular formula is C24H23ClF2N4. The number of nitrogens with one attached hydrogen (secondary N) is 1. The Hall–Kier alpha value is -2.57. The van der Waals surface area contributed by atoms with Gasteiger partial charge in [-0.1, -0.05) is 23.7 Å². The topological polar surface area (TPSA) is 41.0 Å². The van der Waals surface area contributed by atoms with E-state index in [0.29, 0.717) is 34.2 Å². The molecule has 1 saturated heterocycles. The minimum absolute atomic E-state index is 0.189. The maximum Gasteiger partial charge on any atom is 0.148 e. The lowest BCUT2D eigenvalue weighted by atomic mass is 10.0. The molecule has 31 heavy (non-hydrogen) atoms. The average molecular weight is 441 g/mol. The monoisotopic (exact) mass is 440 g/mol. The molecule has 0 radical (unpaired) electrons. The van der Waals surface area contributed by atoms with Crippen LogP contribution in [0.5, 0.6) is 0 Å². The molecule has 1 aromatic heterocycles. The SMILES string of the molecule is Fc1ccc(CN2C[C@H]3CC(Nc4ccc(-c5cc(F)ccc5Cl)nn4)C[C@H]3C2)cc1. The summed E-state index contributed by atoms with van der Waals surface area (Å²) in [6.07, 6.45) is 2.20. The Balaban J connectivity index is 1.16. The lowest BCUT2D eigenvalue weighted by molar-refractivity contribution is 0.301. The molecule has 1 unspecified atom stereocenters. The molecule has 5 rings (SSSR count). The molecule has 160 valence electrons. The van der Waals surface area contributed by atoms with Crippen molar-refractivity contribution in [3.8, 4) is 11.3 Å². The molecule has 1 aliphatic heterocycles. The van der Waals surface area contributed by atoms with Crippen LogP contribution in [0.4, 0.5) is 14.6 Å². The van der Waals surface area contributed by atoms with E-state index in [2.05, 4.69) is 20.4 Å². The van der Waals surface area contributed by atoms with Crippen LogP contribution in [-0.4, -0.2) is 34.2 Å². The molecule has 0 amide bonds. The van der Waals surface area contributed by atoms with Crippen LogP contribution in [0, 0.1) is 23.5 Å². The lowest BCUT2D eigenvalue weighted by Crippen LogP contribution is -2.25. The van der Waals surface area contributed by atoms with Gasteiger partial charge in [-0.25, -0.2) is 8.78 Å². The van der Waals surface area contributed by atoms with Crippen LogP contribution in [0.2, 0.25) is 5.02 Å². The Bertz CT molecular complexity index is 1040. The summed E-state index contributed by atoms with van der Waals surface area (Å²) >= 11 is 6.16. The number of likely N-dealkylation sites (tertiary alicyclic amines) is 1. The summed E-state index contributed by atoms with van der Waals surface area (Å²) in [7, 11) is 0.